The number of halogens is 2. The number of methoxy groups -OCH3 is 1. The summed E-state index contributed by atoms with van der Waals surface area (Å²) in [5.74, 6) is -0.898. The molecule has 0 aliphatic heterocycles. The molecule has 138 valence electrons. The van der Waals surface area contributed by atoms with E-state index in [1.807, 2.05) is 0 Å². The van der Waals surface area contributed by atoms with E-state index in [9.17, 15) is 18.4 Å². The monoisotopic (exact) mass is 364 g/mol. The molecule has 0 heterocycles. The van der Waals surface area contributed by atoms with Crippen LogP contribution in [0.4, 0.5) is 14.5 Å². The van der Waals surface area contributed by atoms with Gasteiger partial charge >= 0.3 is 6.61 Å². The van der Waals surface area contributed by atoms with E-state index < -0.39 is 12.5 Å². The van der Waals surface area contributed by atoms with Gasteiger partial charge in [-0.1, -0.05) is 6.07 Å². The molecule has 0 bridgehead atoms. The van der Waals surface area contributed by atoms with Gasteiger partial charge in [0.2, 0.25) is 0 Å². The fraction of sp³-hybridized carbons (Fsp3) is 0.222. The maximum atomic E-state index is 12.4. The molecule has 2 rings (SSSR count). The Morgan fingerprint density at radius 3 is 2.42 bits per heavy atom. The molecule has 0 aliphatic carbocycles. The van der Waals surface area contributed by atoms with E-state index in [1.54, 1.807) is 25.1 Å². The quantitative estimate of drug-likeness (QED) is 0.790. The Morgan fingerprint density at radius 1 is 1.04 bits per heavy atom. The van der Waals surface area contributed by atoms with Gasteiger partial charge in [-0.15, -0.1) is 0 Å². The van der Waals surface area contributed by atoms with E-state index in [-0.39, 0.29) is 23.0 Å². The lowest BCUT2D eigenvalue weighted by Gasteiger charge is -2.12. The molecule has 0 aromatic heterocycles. The highest BCUT2D eigenvalue weighted by Gasteiger charge is 2.15. The van der Waals surface area contributed by atoms with Crippen LogP contribution >= 0.6 is 0 Å². The van der Waals surface area contributed by atoms with Gasteiger partial charge < -0.3 is 20.1 Å². The topological polar surface area (TPSA) is 76.7 Å². The van der Waals surface area contributed by atoms with Crippen LogP contribution < -0.4 is 20.1 Å². The van der Waals surface area contributed by atoms with Crippen molar-refractivity contribution in [3.8, 4) is 11.5 Å². The van der Waals surface area contributed by atoms with Gasteiger partial charge in [-0.25, -0.2) is 0 Å². The third-order valence-corrected chi connectivity index (χ3v) is 3.36. The van der Waals surface area contributed by atoms with E-state index >= 15 is 0 Å². The van der Waals surface area contributed by atoms with E-state index in [0.29, 0.717) is 17.8 Å². The van der Waals surface area contributed by atoms with Crippen molar-refractivity contribution in [3.63, 3.8) is 0 Å². The van der Waals surface area contributed by atoms with E-state index in [4.69, 9.17) is 4.74 Å². The van der Waals surface area contributed by atoms with Crippen molar-refractivity contribution in [1.82, 2.24) is 5.32 Å². The number of anilines is 1. The summed E-state index contributed by atoms with van der Waals surface area (Å²) in [5, 5.41) is 5.31. The maximum absolute atomic E-state index is 12.4. The lowest BCUT2D eigenvalue weighted by atomic mass is 10.1. The smallest absolute Gasteiger partial charge is 0.387 e. The van der Waals surface area contributed by atoms with Crippen LogP contribution in [-0.4, -0.2) is 32.1 Å². The second-order valence-electron chi connectivity index (χ2n) is 5.14. The third kappa shape index (κ3) is 4.92. The van der Waals surface area contributed by atoms with Gasteiger partial charge in [-0.3, -0.25) is 9.59 Å². The number of carbonyl (C=O) groups excluding carboxylic acids is 2. The van der Waals surface area contributed by atoms with Crippen molar-refractivity contribution < 1.29 is 27.8 Å². The minimum atomic E-state index is -3.00. The lowest BCUT2D eigenvalue weighted by molar-refractivity contribution is -0.0512. The van der Waals surface area contributed by atoms with Crippen LogP contribution in [-0.2, 0) is 0 Å². The molecule has 2 amide bonds. The Labute approximate surface area is 149 Å². The van der Waals surface area contributed by atoms with Crippen molar-refractivity contribution in [2.75, 3.05) is 19.0 Å². The number of nitrogens with one attached hydrogen (secondary N) is 2. The van der Waals surface area contributed by atoms with E-state index in [1.165, 1.54) is 31.4 Å². The Hall–Kier alpha value is -3.16. The molecule has 0 aliphatic rings. The van der Waals surface area contributed by atoms with Gasteiger partial charge in [-0.05, 0) is 43.3 Å². The summed E-state index contributed by atoms with van der Waals surface area (Å²) in [6.07, 6.45) is 0. The number of hydrogen-bond acceptors (Lipinski definition) is 4. The van der Waals surface area contributed by atoms with Gasteiger partial charge in [0.1, 0.15) is 0 Å². The Balaban J connectivity index is 2.17. The second-order valence-corrected chi connectivity index (χ2v) is 5.14. The molecule has 0 radical (unpaired) electrons. The van der Waals surface area contributed by atoms with E-state index in [0.717, 1.165) is 0 Å². The fourth-order valence-electron chi connectivity index (χ4n) is 2.21. The van der Waals surface area contributed by atoms with Crippen molar-refractivity contribution >= 4 is 17.5 Å². The molecule has 26 heavy (non-hydrogen) atoms. The predicted octanol–water partition coefficient (Wildman–Crippen LogP) is 3.30. The molecule has 0 saturated heterocycles. The van der Waals surface area contributed by atoms with Crippen molar-refractivity contribution in [3.05, 3.63) is 53.6 Å². The zero-order chi connectivity index (χ0) is 19.1. The number of alkyl halides is 2. The molecule has 8 heteroatoms. The zero-order valence-electron chi connectivity index (χ0n) is 14.2. The molecular formula is C18H18F2N2O4. The first-order valence-corrected chi connectivity index (χ1v) is 7.77. The van der Waals surface area contributed by atoms with Crippen molar-refractivity contribution in [1.29, 1.82) is 0 Å². The predicted molar refractivity (Wildman–Crippen MR) is 92.0 cm³/mol. The van der Waals surface area contributed by atoms with Gasteiger partial charge in [-0.2, -0.15) is 8.78 Å². The first-order valence-electron chi connectivity index (χ1n) is 7.77. The van der Waals surface area contributed by atoms with Gasteiger partial charge in [0.05, 0.1) is 7.11 Å². The SMILES string of the molecule is CCNC(=O)c1cccc(NC(=O)c2ccc(OC(F)F)c(OC)c2)c1. The molecule has 0 spiro atoms. The average Bonchev–Trinajstić information content (AvgIpc) is 2.62. The minimum absolute atomic E-state index is 0.00836. The number of hydrogen-bond donors (Lipinski definition) is 2. The van der Waals surface area contributed by atoms with Crippen LogP contribution in [0, 0.1) is 0 Å². The molecular weight excluding hydrogens is 346 g/mol. The first-order chi connectivity index (χ1) is 12.4. The third-order valence-electron chi connectivity index (χ3n) is 3.36. The summed E-state index contributed by atoms with van der Waals surface area (Å²) in [6, 6.07) is 10.3. The number of carbonyl (C=O) groups is 2. The van der Waals surface area contributed by atoms with Crippen LogP contribution in [0.15, 0.2) is 42.5 Å². The molecule has 0 saturated carbocycles. The lowest BCUT2D eigenvalue weighted by Crippen LogP contribution is -2.22. The Morgan fingerprint density at radius 2 is 1.77 bits per heavy atom. The molecule has 0 fully saturated rings. The Bertz CT molecular complexity index is 797. The Kier molecular flexibility index (Phi) is 6.48. The van der Waals surface area contributed by atoms with Crippen LogP contribution in [0.2, 0.25) is 0 Å². The van der Waals surface area contributed by atoms with Crippen LogP contribution in [0.25, 0.3) is 0 Å². The number of amides is 2. The highest BCUT2D eigenvalue weighted by Crippen LogP contribution is 2.29. The summed E-state index contributed by atoms with van der Waals surface area (Å²) in [4.78, 5) is 24.2. The fourth-order valence-corrected chi connectivity index (χ4v) is 2.21. The highest BCUT2D eigenvalue weighted by atomic mass is 19.3. The van der Waals surface area contributed by atoms with Gasteiger partial charge in [0.15, 0.2) is 11.5 Å². The first kappa shape index (κ1) is 19.2. The number of ether oxygens (including phenoxy) is 2. The molecule has 0 atom stereocenters. The van der Waals surface area contributed by atoms with Crippen LogP contribution in [0.1, 0.15) is 27.6 Å². The average molecular weight is 364 g/mol. The molecule has 0 unspecified atom stereocenters. The van der Waals surface area contributed by atoms with E-state index in [2.05, 4.69) is 15.4 Å². The molecule has 2 aromatic carbocycles. The zero-order valence-corrected chi connectivity index (χ0v) is 14.2. The van der Waals surface area contributed by atoms with Gasteiger partial charge in [0, 0.05) is 23.4 Å². The van der Waals surface area contributed by atoms with Gasteiger partial charge in [0.25, 0.3) is 11.8 Å². The van der Waals surface area contributed by atoms with Crippen molar-refractivity contribution in [2.45, 2.75) is 13.5 Å². The summed E-state index contributed by atoms with van der Waals surface area (Å²) in [7, 11) is 1.28. The molecule has 2 N–H and O–H groups in total. The van der Waals surface area contributed by atoms with Crippen LogP contribution in [0.3, 0.4) is 0 Å². The summed E-state index contributed by atoms with van der Waals surface area (Å²) >= 11 is 0. The summed E-state index contributed by atoms with van der Waals surface area (Å²) < 4.78 is 34.0. The minimum Gasteiger partial charge on any atom is -0.493 e. The highest BCUT2D eigenvalue weighted by molar-refractivity contribution is 6.05. The normalized spacial score (nSPS) is 10.3. The maximum Gasteiger partial charge on any atom is 0.387 e. The summed E-state index contributed by atoms with van der Waals surface area (Å²) in [5.41, 5.74) is 1.01. The number of benzene rings is 2. The van der Waals surface area contributed by atoms with Crippen molar-refractivity contribution in [2.24, 2.45) is 0 Å². The molecule has 6 nitrogen and oxygen atoms in total. The number of rotatable bonds is 7. The largest absolute Gasteiger partial charge is 0.493 e. The summed E-state index contributed by atoms with van der Waals surface area (Å²) in [6.45, 7) is -0.707. The molecule has 2 aromatic rings. The standard InChI is InChI=1S/C18H18F2N2O4/c1-3-21-16(23)11-5-4-6-13(9-11)22-17(24)12-7-8-14(26-18(19)20)15(10-12)25-2/h4-10,18H,3H2,1-2H3,(H,21,23)(H,22,24). The second kappa shape index (κ2) is 8.80. The van der Waals surface area contributed by atoms with Crippen LogP contribution in [0.5, 0.6) is 11.5 Å².